The Balaban J connectivity index is 1.98. The van der Waals surface area contributed by atoms with Crippen LogP contribution in [0.4, 0.5) is 10.5 Å². The standard InChI is InChI=1S/C22H30N2O4/c1-16(2)11-12-28-15-18-13-19(9-10-21(18)27-3)23-22(26)24-20(14-25)17-7-5-4-6-8-17/h4-10,13,16,20,25H,11-12,14-15H2,1-3H3,(H2,23,24,26). The maximum Gasteiger partial charge on any atom is 0.319 e. The molecule has 6 nitrogen and oxygen atoms in total. The van der Waals surface area contributed by atoms with Gasteiger partial charge >= 0.3 is 6.03 Å². The topological polar surface area (TPSA) is 79.8 Å². The van der Waals surface area contributed by atoms with Crippen LogP contribution in [0.15, 0.2) is 48.5 Å². The number of amides is 2. The summed E-state index contributed by atoms with van der Waals surface area (Å²) in [5, 5.41) is 15.2. The predicted octanol–water partition coefficient (Wildman–Crippen LogP) is 4.11. The average Bonchev–Trinajstić information content (AvgIpc) is 2.70. The molecule has 0 bridgehead atoms. The Morgan fingerprint density at radius 1 is 1.14 bits per heavy atom. The second kappa shape index (κ2) is 11.3. The normalized spacial score (nSPS) is 11.9. The van der Waals surface area contributed by atoms with E-state index in [2.05, 4.69) is 24.5 Å². The second-order valence-electron chi connectivity index (χ2n) is 7.01. The molecule has 6 heteroatoms. The highest BCUT2D eigenvalue weighted by atomic mass is 16.5. The molecule has 0 heterocycles. The number of ether oxygens (including phenoxy) is 2. The molecule has 0 aliphatic rings. The molecule has 0 radical (unpaired) electrons. The van der Waals surface area contributed by atoms with Crippen molar-refractivity contribution in [3.8, 4) is 5.75 Å². The van der Waals surface area contributed by atoms with Crippen molar-refractivity contribution < 1.29 is 19.4 Å². The van der Waals surface area contributed by atoms with Gasteiger partial charge in [-0.15, -0.1) is 0 Å². The first-order valence-corrected chi connectivity index (χ1v) is 9.51. The zero-order valence-electron chi connectivity index (χ0n) is 16.8. The number of hydrogen-bond donors (Lipinski definition) is 3. The first-order valence-electron chi connectivity index (χ1n) is 9.51. The third-order valence-corrected chi connectivity index (χ3v) is 4.33. The van der Waals surface area contributed by atoms with Crippen molar-refractivity contribution in [2.24, 2.45) is 5.92 Å². The number of anilines is 1. The van der Waals surface area contributed by atoms with E-state index < -0.39 is 6.04 Å². The summed E-state index contributed by atoms with van der Waals surface area (Å²) in [7, 11) is 1.61. The third-order valence-electron chi connectivity index (χ3n) is 4.33. The van der Waals surface area contributed by atoms with Gasteiger partial charge in [0.15, 0.2) is 0 Å². The summed E-state index contributed by atoms with van der Waals surface area (Å²) < 4.78 is 11.1. The van der Waals surface area contributed by atoms with Crippen LogP contribution < -0.4 is 15.4 Å². The Kier molecular flexibility index (Phi) is 8.78. The Morgan fingerprint density at radius 2 is 1.89 bits per heavy atom. The van der Waals surface area contributed by atoms with Crippen molar-refractivity contribution in [3.05, 3.63) is 59.7 Å². The van der Waals surface area contributed by atoms with E-state index in [1.165, 1.54) is 0 Å². The van der Waals surface area contributed by atoms with E-state index in [0.29, 0.717) is 30.6 Å². The van der Waals surface area contributed by atoms with E-state index in [-0.39, 0.29) is 12.6 Å². The number of carbonyl (C=O) groups is 1. The van der Waals surface area contributed by atoms with Crippen LogP contribution in [0, 0.1) is 5.92 Å². The number of aliphatic hydroxyl groups is 1. The van der Waals surface area contributed by atoms with Crippen molar-refractivity contribution in [1.82, 2.24) is 5.32 Å². The van der Waals surface area contributed by atoms with Crippen LogP contribution in [-0.4, -0.2) is 31.5 Å². The molecule has 0 spiro atoms. The van der Waals surface area contributed by atoms with Gasteiger partial charge in [0.1, 0.15) is 5.75 Å². The first-order chi connectivity index (χ1) is 13.5. The molecular weight excluding hydrogens is 356 g/mol. The summed E-state index contributed by atoms with van der Waals surface area (Å²) in [6, 6.07) is 13.9. The van der Waals surface area contributed by atoms with E-state index >= 15 is 0 Å². The van der Waals surface area contributed by atoms with Crippen LogP contribution in [0.5, 0.6) is 5.75 Å². The van der Waals surface area contributed by atoms with Crippen LogP contribution in [0.3, 0.4) is 0 Å². The number of carbonyl (C=O) groups excluding carboxylic acids is 1. The summed E-state index contributed by atoms with van der Waals surface area (Å²) in [4.78, 5) is 12.4. The highest BCUT2D eigenvalue weighted by molar-refractivity contribution is 5.89. The molecule has 2 rings (SSSR count). The van der Waals surface area contributed by atoms with Gasteiger partial charge in [0, 0.05) is 17.9 Å². The molecule has 1 atom stereocenters. The minimum Gasteiger partial charge on any atom is -0.496 e. The number of hydrogen-bond acceptors (Lipinski definition) is 4. The maximum atomic E-state index is 12.4. The Hall–Kier alpha value is -2.57. The largest absolute Gasteiger partial charge is 0.496 e. The molecule has 0 aliphatic carbocycles. The van der Waals surface area contributed by atoms with Crippen molar-refractivity contribution in [1.29, 1.82) is 0 Å². The van der Waals surface area contributed by atoms with Gasteiger partial charge in [0.2, 0.25) is 0 Å². The van der Waals surface area contributed by atoms with Crippen molar-refractivity contribution in [2.75, 3.05) is 25.6 Å². The van der Waals surface area contributed by atoms with E-state index in [9.17, 15) is 9.90 Å². The van der Waals surface area contributed by atoms with Crippen molar-refractivity contribution >= 4 is 11.7 Å². The van der Waals surface area contributed by atoms with Crippen LogP contribution in [0.1, 0.15) is 37.4 Å². The first kappa shape index (κ1) is 21.7. The highest BCUT2D eigenvalue weighted by Gasteiger charge is 2.14. The number of aliphatic hydroxyl groups excluding tert-OH is 1. The number of nitrogens with one attached hydrogen (secondary N) is 2. The zero-order valence-corrected chi connectivity index (χ0v) is 16.8. The molecule has 28 heavy (non-hydrogen) atoms. The van der Waals surface area contributed by atoms with Gasteiger partial charge in [-0.3, -0.25) is 0 Å². The molecule has 2 aromatic carbocycles. The van der Waals surface area contributed by atoms with E-state index in [4.69, 9.17) is 9.47 Å². The highest BCUT2D eigenvalue weighted by Crippen LogP contribution is 2.24. The molecular formula is C22H30N2O4. The van der Waals surface area contributed by atoms with Gasteiger partial charge in [-0.05, 0) is 36.1 Å². The van der Waals surface area contributed by atoms with Gasteiger partial charge in [0.25, 0.3) is 0 Å². The predicted molar refractivity (Wildman–Crippen MR) is 111 cm³/mol. The minimum atomic E-state index is -0.474. The SMILES string of the molecule is COc1ccc(NC(=O)NC(CO)c2ccccc2)cc1COCCC(C)C. The van der Waals surface area contributed by atoms with Gasteiger partial charge < -0.3 is 25.2 Å². The molecule has 1 unspecified atom stereocenters. The van der Waals surface area contributed by atoms with Gasteiger partial charge in [0.05, 0.1) is 26.4 Å². The van der Waals surface area contributed by atoms with Crippen LogP contribution in [0.2, 0.25) is 0 Å². The lowest BCUT2D eigenvalue weighted by Gasteiger charge is -2.18. The van der Waals surface area contributed by atoms with E-state index in [1.807, 2.05) is 36.4 Å². The van der Waals surface area contributed by atoms with Crippen molar-refractivity contribution in [3.63, 3.8) is 0 Å². The fourth-order valence-electron chi connectivity index (χ4n) is 2.72. The molecule has 0 saturated heterocycles. The Morgan fingerprint density at radius 3 is 2.54 bits per heavy atom. The van der Waals surface area contributed by atoms with Crippen LogP contribution in [0.25, 0.3) is 0 Å². The minimum absolute atomic E-state index is 0.186. The number of methoxy groups -OCH3 is 1. The molecule has 3 N–H and O–H groups in total. The smallest absolute Gasteiger partial charge is 0.319 e. The quantitative estimate of drug-likeness (QED) is 0.537. The van der Waals surface area contributed by atoms with Crippen LogP contribution in [-0.2, 0) is 11.3 Å². The molecule has 0 fully saturated rings. The fraction of sp³-hybridized carbons (Fsp3) is 0.409. The lowest BCUT2D eigenvalue weighted by atomic mass is 10.1. The van der Waals surface area contributed by atoms with Gasteiger partial charge in [-0.1, -0.05) is 44.2 Å². The molecule has 2 aromatic rings. The molecule has 0 aromatic heterocycles. The average molecular weight is 386 g/mol. The molecule has 2 amide bonds. The van der Waals surface area contributed by atoms with E-state index in [0.717, 1.165) is 17.5 Å². The molecule has 0 aliphatic heterocycles. The van der Waals surface area contributed by atoms with E-state index in [1.54, 1.807) is 19.2 Å². The molecule has 152 valence electrons. The lowest BCUT2D eigenvalue weighted by molar-refractivity contribution is 0.109. The Labute approximate surface area is 166 Å². The maximum absolute atomic E-state index is 12.4. The Bertz CT molecular complexity index is 735. The summed E-state index contributed by atoms with van der Waals surface area (Å²) in [6.07, 6.45) is 0.991. The lowest BCUT2D eigenvalue weighted by Crippen LogP contribution is -2.34. The summed E-state index contributed by atoms with van der Waals surface area (Å²) in [6.45, 7) is 5.21. The van der Waals surface area contributed by atoms with Gasteiger partial charge in [-0.2, -0.15) is 0 Å². The number of benzene rings is 2. The summed E-state index contributed by atoms with van der Waals surface area (Å²) >= 11 is 0. The second-order valence-corrected chi connectivity index (χ2v) is 7.01. The number of rotatable bonds is 10. The summed E-state index contributed by atoms with van der Waals surface area (Å²) in [5.74, 6) is 1.30. The monoisotopic (exact) mass is 386 g/mol. The van der Waals surface area contributed by atoms with Crippen LogP contribution >= 0.6 is 0 Å². The molecule has 0 saturated carbocycles. The van der Waals surface area contributed by atoms with Crippen molar-refractivity contribution in [2.45, 2.75) is 32.9 Å². The zero-order chi connectivity index (χ0) is 20.4. The number of urea groups is 1. The third kappa shape index (κ3) is 6.87. The summed E-state index contributed by atoms with van der Waals surface area (Å²) in [5.41, 5.74) is 2.34. The fourth-order valence-corrected chi connectivity index (χ4v) is 2.72. The van der Waals surface area contributed by atoms with Gasteiger partial charge in [-0.25, -0.2) is 4.79 Å².